The second kappa shape index (κ2) is 8.52. The lowest BCUT2D eigenvalue weighted by molar-refractivity contribution is -0.144. The Kier molecular flexibility index (Phi) is 6.06. The molecule has 0 bridgehead atoms. The number of nitrogens with two attached hydrogens (primary N) is 1. The topological polar surface area (TPSA) is 78.6 Å². The molecule has 1 aromatic carbocycles. The van der Waals surface area contributed by atoms with Crippen LogP contribution in [0.2, 0.25) is 0 Å². The molecule has 2 N–H and O–H groups in total. The molecule has 0 fully saturated rings. The van der Waals surface area contributed by atoms with Gasteiger partial charge in [-0.1, -0.05) is 56.3 Å². The molecule has 1 atom stereocenters. The van der Waals surface area contributed by atoms with Crippen LogP contribution >= 0.6 is 0 Å². The number of carbonyl (C=O) groups excluding carboxylic acids is 2. The van der Waals surface area contributed by atoms with Crippen LogP contribution in [0.4, 0.5) is 0 Å². The Hall–Kier alpha value is -3.08. The number of allylic oxidation sites excluding steroid dienone is 5. The van der Waals surface area contributed by atoms with Crippen molar-refractivity contribution in [3.05, 3.63) is 76.1 Å². The van der Waals surface area contributed by atoms with Crippen LogP contribution in [0, 0.1) is 5.41 Å². The van der Waals surface area contributed by atoms with E-state index in [1.807, 2.05) is 24.3 Å². The highest BCUT2D eigenvalue weighted by atomic mass is 16.6. The molecule has 1 amide bonds. The molecule has 3 rings (SSSR count). The maximum Gasteiger partial charge on any atom is 0.343 e. The van der Waals surface area contributed by atoms with Gasteiger partial charge in [0.1, 0.15) is 5.76 Å². The van der Waals surface area contributed by atoms with E-state index < -0.39 is 5.97 Å². The number of benzene rings is 1. The van der Waals surface area contributed by atoms with Crippen molar-refractivity contribution in [1.29, 1.82) is 0 Å². The fourth-order valence-electron chi connectivity index (χ4n) is 4.28. The lowest BCUT2D eigenvalue weighted by atomic mass is 9.72. The molecule has 2 aliphatic rings. The third-order valence-corrected chi connectivity index (χ3v) is 5.57. The van der Waals surface area contributed by atoms with Crippen molar-refractivity contribution in [2.24, 2.45) is 11.1 Å². The molecule has 5 nitrogen and oxygen atoms in total. The van der Waals surface area contributed by atoms with Crippen molar-refractivity contribution in [3.63, 3.8) is 0 Å². The van der Waals surface area contributed by atoms with Crippen LogP contribution in [0.15, 0.2) is 70.5 Å². The number of amides is 1. The Morgan fingerprint density at radius 2 is 1.93 bits per heavy atom. The fraction of sp³-hybridized carbons (Fsp3) is 0.333. The van der Waals surface area contributed by atoms with Crippen molar-refractivity contribution in [1.82, 2.24) is 0 Å². The van der Waals surface area contributed by atoms with Crippen molar-refractivity contribution >= 4 is 18.0 Å². The van der Waals surface area contributed by atoms with E-state index in [-0.39, 0.29) is 24.3 Å². The van der Waals surface area contributed by atoms with Crippen LogP contribution in [-0.2, 0) is 19.1 Å². The van der Waals surface area contributed by atoms with Gasteiger partial charge in [0.2, 0.25) is 5.91 Å². The minimum Gasteiger partial charge on any atom is -0.482 e. The highest BCUT2D eigenvalue weighted by Crippen LogP contribution is 2.57. The van der Waals surface area contributed by atoms with Crippen molar-refractivity contribution in [2.75, 3.05) is 13.7 Å². The highest BCUT2D eigenvalue weighted by Gasteiger charge is 2.46. The number of fused-ring (bicyclic) bond motifs is 1. The van der Waals surface area contributed by atoms with Gasteiger partial charge in [0, 0.05) is 11.0 Å². The van der Waals surface area contributed by atoms with Crippen LogP contribution in [0.5, 0.6) is 0 Å². The Bertz CT molecular complexity index is 937. The molecule has 0 aliphatic heterocycles. The van der Waals surface area contributed by atoms with Crippen LogP contribution < -0.4 is 5.73 Å². The highest BCUT2D eigenvalue weighted by molar-refractivity contribution is 5.82. The van der Waals surface area contributed by atoms with Gasteiger partial charge in [-0.25, -0.2) is 4.79 Å². The normalized spacial score (nSPS) is 22.1. The van der Waals surface area contributed by atoms with Gasteiger partial charge in [-0.05, 0) is 41.2 Å². The van der Waals surface area contributed by atoms with Crippen LogP contribution in [0.25, 0.3) is 6.08 Å². The Labute approximate surface area is 171 Å². The van der Waals surface area contributed by atoms with E-state index >= 15 is 0 Å². The molecule has 0 aromatic heterocycles. The summed E-state index contributed by atoms with van der Waals surface area (Å²) in [4.78, 5) is 23.5. The number of ether oxygens (including phenoxy) is 2. The molecule has 1 unspecified atom stereocenters. The third kappa shape index (κ3) is 4.04. The second-order valence-electron chi connectivity index (χ2n) is 7.47. The summed E-state index contributed by atoms with van der Waals surface area (Å²) in [5.74, 6) is -0.237. The summed E-state index contributed by atoms with van der Waals surface area (Å²) in [6, 6.07) is 10.1. The van der Waals surface area contributed by atoms with E-state index in [0.29, 0.717) is 5.76 Å². The van der Waals surface area contributed by atoms with Gasteiger partial charge >= 0.3 is 5.97 Å². The Morgan fingerprint density at radius 3 is 2.55 bits per heavy atom. The van der Waals surface area contributed by atoms with Gasteiger partial charge in [0.25, 0.3) is 0 Å². The summed E-state index contributed by atoms with van der Waals surface area (Å²) in [5.41, 5.74) is 10.5. The summed E-state index contributed by atoms with van der Waals surface area (Å²) in [5, 5.41) is 0. The minimum atomic E-state index is -0.451. The predicted octanol–water partition coefficient (Wildman–Crippen LogP) is 4.08. The number of esters is 1. The molecular formula is C24H27NO4. The fourth-order valence-corrected chi connectivity index (χ4v) is 4.28. The van der Waals surface area contributed by atoms with Gasteiger partial charge in [-0.2, -0.15) is 0 Å². The molecule has 0 saturated carbocycles. The lowest BCUT2D eigenvalue weighted by Crippen LogP contribution is -2.24. The molecular weight excluding hydrogens is 366 g/mol. The van der Waals surface area contributed by atoms with Gasteiger partial charge < -0.3 is 15.2 Å². The van der Waals surface area contributed by atoms with E-state index in [1.165, 1.54) is 12.7 Å². The van der Waals surface area contributed by atoms with Crippen molar-refractivity contribution in [2.45, 2.75) is 33.1 Å². The molecule has 0 heterocycles. The number of hydrogen-bond donors (Lipinski definition) is 1. The zero-order chi connectivity index (χ0) is 21.0. The summed E-state index contributed by atoms with van der Waals surface area (Å²) in [7, 11) is 1.33. The summed E-state index contributed by atoms with van der Waals surface area (Å²) in [6.07, 6.45) is 7.79. The zero-order valence-electron chi connectivity index (χ0n) is 17.2. The second-order valence-corrected chi connectivity index (χ2v) is 7.47. The molecule has 5 heteroatoms. The number of rotatable bonds is 7. The van der Waals surface area contributed by atoms with E-state index in [1.54, 1.807) is 0 Å². The van der Waals surface area contributed by atoms with E-state index in [4.69, 9.17) is 15.2 Å². The molecule has 0 saturated heterocycles. The number of carbonyl (C=O) groups is 2. The average Bonchev–Trinajstić information content (AvgIpc) is 2.94. The van der Waals surface area contributed by atoms with Gasteiger partial charge in [0.15, 0.2) is 6.61 Å². The first-order chi connectivity index (χ1) is 13.9. The van der Waals surface area contributed by atoms with Crippen LogP contribution in [0.3, 0.4) is 0 Å². The molecule has 2 aliphatic carbocycles. The predicted molar refractivity (Wildman–Crippen MR) is 112 cm³/mol. The van der Waals surface area contributed by atoms with Gasteiger partial charge in [-0.15, -0.1) is 0 Å². The van der Waals surface area contributed by atoms with E-state index in [0.717, 1.165) is 35.1 Å². The van der Waals surface area contributed by atoms with Crippen molar-refractivity contribution in [3.8, 4) is 0 Å². The summed E-state index contributed by atoms with van der Waals surface area (Å²) < 4.78 is 10.5. The van der Waals surface area contributed by atoms with Gasteiger partial charge in [0.05, 0.1) is 13.5 Å². The van der Waals surface area contributed by atoms with E-state index in [2.05, 4.69) is 38.1 Å². The standard InChI is InChI=1S/C24H27NO4/c1-4-17-18(14-21(25)26)23-20(29-15-22(27)28-3)11-8-12-24(23,2)19(17)13-16-9-6-5-7-10-16/h5-11,13H,4,12,14-15H2,1-3H3,(H2,25,26)/b19-13-. The first-order valence-corrected chi connectivity index (χ1v) is 9.80. The molecule has 0 spiro atoms. The third-order valence-electron chi connectivity index (χ3n) is 5.57. The van der Waals surface area contributed by atoms with Crippen molar-refractivity contribution < 1.29 is 19.1 Å². The maximum absolute atomic E-state index is 11.9. The Balaban J connectivity index is 2.18. The Morgan fingerprint density at radius 1 is 1.21 bits per heavy atom. The maximum atomic E-state index is 11.9. The van der Waals surface area contributed by atoms with Crippen LogP contribution in [-0.4, -0.2) is 25.6 Å². The smallest absolute Gasteiger partial charge is 0.343 e. The molecule has 1 aromatic rings. The zero-order valence-corrected chi connectivity index (χ0v) is 17.2. The average molecular weight is 393 g/mol. The quantitative estimate of drug-likeness (QED) is 0.708. The minimum absolute atomic E-state index is 0.138. The number of hydrogen-bond acceptors (Lipinski definition) is 4. The van der Waals surface area contributed by atoms with Crippen LogP contribution in [0.1, 0.15) is 38.7 Å². The molecule has 152 valence electrons. The summed E-state index contributed by atoms with van der Waals surface area (Å²) in [6.45, 7) is 4.06. The van der Waals surface area contributed by atoms with Gasteiger partial charge in [-0.3, -0.25) is 4.79 Å². The first-order valence-electron chi connectivity index (χ1n) is 9.80. The monoisotopic (exact) mass is 393 g/mol. The number of methoxy groups -OCH3 is 1. The summed E-state index contributed by atoms with van der Waals surface area (Å²) >= 11 is 0. The lowest BCUT2D eigenvalue weighted by Gasteiger charge is -2.33. The largest absolute Gasteiger partial charge is 0.482 e. The molecule has 29 heavy (non-hydrogen) atoms. The first kappa shape index (κ1) is 20.6. The SMILES string of the molecule is CCC1=C(CC(N)=O)C2=C(OCC(=O)OC)C=CCC2(C)/C1=C\c1ccccc1. The molecule has 0 radical (unpaired) electrons. The number of primary amides is 1. The van der Waals surface area contributed by atoms with E-state index in [9.17, 15) is 9.59 Å².